The summed E-state index contributed by atoms with van der Waals surface area (Å²) in [5.41, 5.74) is -0.765. The van der Waals surface area contributed by atoms with Crippen molar-refractivity contribution in [3.63, 3.8) is 0 Å². The number of alkyl halides is 3. The van der Waals surface area contributed by atoms with Crippen molar-refractivity contribution in [1.29, 1.82) is 0 Å². The van der Waals surface area contributed by atoms with E-state index >= 15 is 0 Å². The van der Waals surface area contributed by atoms with Crippen molar-refractivity contribution in [3.8, 4) is 17.2 Å². The van der Waals surface area contributed by atoms with Gasteiger partial charge in [-0.25, -0.2) is 0 Å². The molecule has 0 spiro atoms. The van der Waals surface area contributed by atoms with Gasteiger partial charge in [-0.3, -0.25) is 0 Å². The third kappa shape index (κ3) is 5.11. The topological polar surface area (TPSA) is 38.7 Å². The minimum absolute atomic E-state index is 0.0785. The third-order valence-corrected chi connectivity index (χ3v) is 3.51. The average molecular weight is 381 g/mol. The Morgan fingerprint density at radius 2 is 1.58 bits per heavy atom. The van der Waals surface area contributed by atoms with Crippen LogP contribution in [-0.2, 0) is 6.18 Å². The van der Waals surface area contributed by atoms with Gasteiger partial charge in [-0.2, -0.15) is 13.2 Å². The zero-order valence-electron chi connectivity index (χ0n) is 12.2. The van der Waals surface area contributed by atoms with Crippen LogP contribution in [0.5, 0.6) is 17.2 Å². The van der Waals surface area contributed by atoms with Crippen molar-refractivity contribution in [2.24, 2.45) is 0 Å². The van der Waals surface area contributed by atoms with Gasteiger partial charge in [0, 0.05) is 18.6 Å². The minimum atomic E-state index is -4.41. The van der Waals surface area contributed by atoms with Crippen LogP contribution in [0.2, 0.25) is 10.0 Å². The summed E-state index contributed by atoms with van der Waals surface area (Å²) in [5, 5.41) is 9.64. The molecule has 0 bridgehead atoms. The monoisotopic (exact) mass is 380 g/mol. The molecule has 2 rings (SSSR count). The molecule has 0 aliphatic rings. The van der Waals surface area contributed by atoms with Gasteiger partial charge in [0.05, 0.1) is 28.8 Å². The Kier molecular flexibility index (Phi) is 6.07. The van der Waals surface area contributed by atoms with E-state index in [0.717, 1.165) is 12.1 Å². The Morgan fingerprint density at radius 1 is 0.958 bits per heavy atom. The highest BCUT2D eigenvalue weighted by Gasteiger charge is 2.30. The highest BCUT2D eigenvalue weighted by Crippen LogP contribution is 2.36. The predicted octanol–water partition coefficient (Wildman–Crippen LogP) is 5.57. The maximum Gasteiger partial charge on any atom is 0.416 e. The predicted molar refractivity (Wildman–Crippen MR) is 85.2 cm³/mol. The summed E-state index contributed by atoms with van der Waals surface area (Å²) >= 11 is 11.8. The van der Waals surface area contributed by atoms with Gasteiger partial charge in [0.25, 0.3) is 0 Å². The molecule has 0 aliphatic heterocycles. The summed E-state index contributed by atoms with van der Waals surface area (Å²) in [6.45, 7) is 0.359. The van der Waals surface area contributed by atoms with Crippen LogP contribution in [0.4, 0.5) is 13.2 Å². The smallest absolute Gasteiger partial charge is 0.416 e. The molecule has 0 aliphatic carbocycles. The largest absolute Gasteiger partial charge is 0.508 e. The summed E-state index contributed by atoms with van der Waals surface area (Å²) in [4.78, 5) is 0. The molecule has 3 nitrogen and oxygen atoms in total. The molecule has 2 aromatic carbocycles. The lowest BCUT2D eigenvalue weighted by molar-refractivity contribution is -0.137. The molecule has 8 heteroatoms. The van der Waals surface area contributed by atoms with Crippen LogP contribution in [0.25, 0.3) is 0 Å². The number of hydrogen-bond donors (Lipinski definition) is 1. The quantitative estimate of drug-likeness (QED) is 0.666. The maximum absolute atomic E-state index is 12.6. The van der Waals surface area contributed by atoms with Crippen LogP contribution in [0.1, 0.15) is 12.0 Å². The molecule has 0 unspecified atom stereocenters. The number of aromatic hydroxyl groups is 1. The SMILES string of the molecule is Oc1cc(Cl)c(OCCCOc2cccc(C(F)(F)F)c2)c(Cl)c1. The molecule has 1 N–H and O–H groups in total. The molecule has 24 heavy (non-hydrogen) atoms. The molecule has 2 aromatic rings. The molecule has 0 saturated carbocycles. The van der Waals surface area contributed by atoms with Gasteiger partial charge in [-0.05, 0) is 18.2 Å². The summed E-state index contributed by atoms with van der Waals surface area (Å²) in [5.74, 6) is 0.283. The summed E-state index contributed by atoms with van der Waals surface area (Å²) in [6, 6.07) is 7.23. The van der Waals surface area contributed by atoms with Crippen LogP contribution in [0.3, 0.4) is 0 Å². The zero-order valence-corrected chi connectivity index (χ0v) is 13.8. The van der Waals surface area contributed by atoms with Crippen LogP contribution in [0, 0.1) is 0 Å². The Labute approximate surface area is 146 Å². The summed E-state index contributed by atoms with van der Waals surface area (Å²) < 4.78 is 48.4. The highest BCUT2D eigenvalue weighted by atomic mass is 35.5. The van der Waals surface area contributed by atoms with Crippen molar-refractivity contribution in [2.75, 3.05) is 13.2 Å². The first-order valence-corrected chi connectivity index (χ1v) is 7.64. The van der Waals surface area contributed by atoms with Crippen LogP contribution >= 0.6 is 23.2 Å². The summed E-state index contributed by atoms with van der Waals surface area (Å²) in [6.07, 6.45) is -4.00. The van der Waals surface area contributed by atoms with Gasteiger partial charge in [0.15, 0.2) is 5.75 Å². The molecule has 130 valence electrons. The molecule has 0 atom stereocenters. The Morgan fingerprint density at radius 3 is 2.21 bits per heavy atom. The first-order valence-electron chi connectivity index (χ1n) is 6.88. The van der Waals surface area contributed by atoms with E-state index in [0.29, 0.717) is 6.42 Å². The molecule has 0 saturated heterocycles. The number of phenols is 1. The molecule has 0 amide bonds. The first-order chi connectivity index (χ1) is 11.3. The molecule has 0 fully saturated rings. The van der Waals surface area contributed by atoms with Crippen LogP contribution in [0.15, 0.2) is 36.4 Å². The van der Waals surface area contributed by atoms with Crippen LogP contribution < -0.4 is 9.47 Å². The van der Waals surface area contributed by atoms with Crippen molar-refractivity contribution in [3.05, 3.63) is 52.0 Å². The van der Waals surface area contributed by atoms with Crippen molar-refractivity contribution in [1.82, 2.24) is 0 Å². The highest BCUT2D eigenvalue weighted by molar-refractivity contribution is 6.37. The molecule has 0 radical (unpaired) electrons. The molecule has 0 heterocycles. The second kappa shape index (κ2) is 7.85. The standard InChI is InChI=1S/C16H13Cl2F3O3/c17-13-8-11(22)9-14(18)15(13)24-6-2-5-23-12-4-1-3-10(7-12)16(19,20)21/h1,3-4,7-9,22H,2,5-6H2. The summed E-state index contributed by atoms with van der Waals surface area (Å²) in [7, 11) is 0. The molecular formula is C16H13Cl2F3O3. The lowest BCUT2D eigenvalue weighted by atomic mass is 10.2. The van der Waals surface area contributed by atoms with E-state index in [2.05, 4.69) is 0 Å². The number of ether oxygens (including phenoxy) is 2. The maximum atomic E-state index is 12.6. The van der Waals surface area contributed by atoms with E-state index in [-0.39, 0.29) is 40.5 Å². The molecular weight excluding hydrogens is 368 g/mol. The second-order valence-electron chi connectivity index (χ2n) is 4.81. The van der Waals surface area contributed by atoms with Crippen molar-refractivity contribution in [2.45, 2.75) is 12.6 Å². The minimum Gasteiger partial charge on any atom is -0.508 e. The Balaban J connectivity index is 1.82. The van der Waals surface area contributed by atoms with Gasteiger partial charge in [0.1, 0.15) is 11.5 Å². The van der Waals surface area contributed by atoms with Gasteiger partial charge >= 0.3 is 6.18 Å². The van der Waals surface area contributed by atoms with Gasteiger partial charge in [0.2, 0.25) is 0 Å². The van der Waals surface area contributed by atoms with Gasteiger partial charge in [-0.1, -0.05) is 29.3 Å². The van der Waals surface area contributed by atoms with Crippen LogP contribution in [-0.4, -0.2) is 18.3 Å². The van der Waals surface area contributed by atoms with E-state index in [1.54, 1.807) is 0 Å². The van der Waals surface area contributed by atoms with E-state index < -0.39 is 11.7 Å². The van der Waals surface area contributed by atoms with Gasteiger partial charge < -0.3 is 14.6 Å². The number of phenolic OH excluding ortho intramolecular Hbond substituents is 1. The zero-order chi connectivity index (χ0) is 17.7. The average Bonchev–Trinajstić information content (AvgIpc) is 2.48. The lowest BCUT2D eigenvalue weighted by Crippen LogP contribution is -2.07. The van der Waals surface area contributed by atoms with E-state index in [4.69, 9.17) is 32.7 Å². The van der Waals surface area contributed by atoms with Crippen molar-refractivity contribution >= 4 is 23.2 Å². The number of rotatable bonds is 6. The third-order valence-electron chi connectivity index (χ3n) is 2.95. The second-order valence-corrected chi connectivity index (χ2v) is 5.63. The lowest BCUT2D eigenvalue weighted by Gasteiger charge is -2.12. The first kappa shape index (κ1) is 18.5. The number of halogens is 5. The fourth-order valence-corrected chi connectivity index (χ4v) is 2.45. The molecule has 0 aromatic heterocycles. The van der Waals surface area contributed by atoms with E-state index in [1.807, 2.05) is 0 Å². The van der Waals surface area contributed by atoms with Crippen molar-refractivity contribution < 1.29 is 27.8 Å². The Hall–Kier alpha value is -1.79. The number of benzene rings is 2. The Bertz CT molecular complexity index is 682. The van der Waals surface area contributed by atoms with E-state index in [9.17, 15) is 18.3 Å². The fraction of sp³-hybridized carbons (Fsp3) is 0.250. The van der Waals surface area contributed by atoms with E-state index in [1.165, 1.54) is 24.3 Å². The normalized spacial score (nSPS) is 11.4. The fourth-order valence-electron chi connectivity index (χ4n) is 1.87. The van der Waals surface area contributed by atoms with Gasteiger partial charge in [-0.15, -0.1) is 0 Å². The number of hydrogen-bond acceptors (Lipinski definition) is 3.